The summed E-state index contributed by atoms with van der Waals surface area (Å²) in [5.41, 5.74) is 0.676. The number of tetrazole rings is 1. The fraction of sp³-hybridized carbons (Fsp3) is 0.476. The lowest BCUT2D eigenvalue weighted by molar-refractivity contribution is 0.152. The fourth-order valence-corrected chi connectivity index (χ4v) is 3.96. The average Bonchev–Trinajstić information content (AvgIpc) is 3.39. The van der Waals surface area contributed by atoms with Crippen LogP contribution in [0.5, 0.6) is 0 Å². The first kappa shape index (κ1) is 22.2. The van der Waals surface area contributed by atoms with Gasteiger partial charge in [-0.25, -0.2) is 9.07 Å². The smallest absolute Gasteiger partial charge is 0.168 e. The number of benzene rings is 1. The van der Waals surface area contributed by atoms with Gasteiger partial charge in [0.1, 0.15) is 18.1 Å². The van der Waals surface area contributed by atoms with Gasteiger partial charge in [-0.2, -0.15) is 0 Å². The molecule has 1 aliphatic rings. The van der Waals surface area contributed by atoms with Crippen LogP contribution in [0.1, 0.15) is 37.9 Å². The van der Waals surface area contributed by atoms with E-state index >= 15 is 0 Å². The van der Waals surface area contributed by atoms with Crippen molar-refractivity contribution in [1.29, 1.82) is 0 Å². The fourth-order valence-electron chi connectivity index (χ4n) is 3.96. The minimum Gasteiger partial charge on any atom is -0.467 e. The van der Waals surface area contributed by atoms with Gasteiger partial charge in [0, 0.05) is 26.2 Å². The molecule has 0 bridgehead atoms. The van der Waals surface area contributed by atoms with E-state index in [0.29, 0.717) is 18.2 Å². The molecule has 2 aromatic heterocycles. The summed E-state index contributed by atoms with van der Waals surface area (Å²) in [7, 11) is 0. The molecule has 1 saturated heterocycles. The summed E-state index contributed by atoms with van der Waals surface area (Å²) in [5.74, 6) is 2.01. The summed E-state index contributed by atoms with van der Waals surface area (Å²) in [6, 6.07) is 10.9. The van der Waals surface area contributed by atoms with E-state index in [4.69, 9.17) is 4.42 Å². The first-order valence-corrected chi connectivity index (χ1v) is 10.1. The lowest BCUT2D eigenvalue weighted by atomic mass is 10.0. The predicted molar refractivity (Wildman–Crippen MR) is 115 cm³/mol. The summed E-state index contributed by atoms with van der Waals surface area (Å²) in [4.78, 5) is 4.53. The molecule has 4 rings (SSSR count). The molecule has 162 valence electrons. The molecule has 1 aliphatic heterocycles. The van der Waals surface area contributed by atoms with E-state index in [1.807, 2.05) is 28.9 Å². The number of furan rings is 1. The van der Waals surface area contributed by atoms with Gasteiger partial charge in [0.2, 0.25) is 0 Å². The molecule has 1 aromatic carbocycles. The van der Waals surface area contributed by atoms with Crippen molar-refractivity contribution in [1.82, 2.24) is 25.1 Å². The third-order valence-corrected chi connectivity index (χ3v) is 5.39. The largest absolute Gasteiger partial charge is 0.467 e. The molecule has 0 aliphatic carbocycles. The molecule has 3 aromatic rings. The minimum atomic E-state index is -0.165. The molecule has 1 unspecified atom stereocenters. The number of hydrogen-bond acceptors (Lipinski definition) is 6. The first-order valence-electron chi connectivity index (χ1n) is 10.1. The Morgan fingerprint density at radius 3 is 2.50 bits per heavy atom. The topological polar surface area (TPSA) is 63.2 Å². The number of anilines is 1. The number of para-hydroxylation sites is 1. The summed E-state index contributed by atoms with van der Waals surface area (Å²) in [6.07, 6.45) is 2.62. The van der Waals surface area contributed by atoms with Crippen LogP contribution in [0.2, 0.25) is 0 Å². The molecule has 1 atom stereocenters. The first-order chi connectivity index (χ1) is 14.1. The summed E-state index contributed by atoms with van der Waals surface area (Å²) >= 11 is 0. The quantitative estimate of drug-likeness (QED) is 0.563. The maximum absolute atomic E-state index is 14.2. The lowest BCUT2D eigenvalue weighted by Gasteiger charge is -2.40. The van der Waals surface area contributed by atoms with Crippen LogP contribution in [0.25, 0.3) is 0 Å². The van der Waals surface area contributed by atoms with Crippen molar-refractivity contribution in [3.63, 3.8) is 0 Å². The number of nitrogens with zero attached hydrogens (tertiary/aromatic N) is 6. The Labute approximate surface area is 182 Å². The molecule has 0 radical (unpaired) electrons. The molecule has 0 saturated carbocycles. The summed E-state index contributed by atoms with van der Waals surface area (Å²) in [5, 5.41) is 12.5. The van der Waals surface area contributed by atoms with Crippen LogP contribution in [0, 0.1) is 11.7 Å². The standard InChI is InChI=1S/C21H27FN6O.ClH/c1-16(2)14-20(21-23-24-25-28(21)15-17-6-5-13-29-17)27-11-9-26(10-12-27)19-8-4-3-7-18(19)22;/h3-8,13,16,20H,9-12,14-15H2,1-2H3;1H. The zero-order valence-corrected chi connectivity index (χ0v) is 18.1. The van der Waals surface area contributed by atoms with Crippen LogP contribution >= 0.6 is 12.4 Å². The van der Waals surface area contributed by atoms with Crippen LogP contribution in [-0.2, 0) is 6.54 Å². The molecule has 9 heteroatoms. The molecular weight excluding hydrogens is 407 g/mol. The number of halogens is 2. The van der Waals surface area contributed by atoms with Gasteiger partial charge in [-0.15, -0.1) is 17.5 Å². The van der Waals surface area contributed by atoms with Crippen LogP contribution in [0.4, 0.5) is 10.1 Å². The van der Waals surface area contributed by atoms with Gasteiger partial charge in [0.15, 0.2) is 5.82 Å². The highest BCUT2D eigenvalue weighted by molar-refractivity contribution is 5.85. The van der Waals surface area contributed by atoms with E-state index < -0.39 is 0 Å². The van der Waals surface area contributed by atoms with Crippen molar-refractivity contribution >= 4 is 18.1 Å². The third kappa shape index (κ3) is 4.99. The molecule has 7 nitrogen and oxygen atoms in total. The molecule has 3 heterocycles. The molecule has 30 heavy (non-hydrogen) atoms. The van der Waals surface area contributed by atoms with Crippen LogP contribution in [-0.4, -0.2) is 51.3 Å². The molecule has 0 spiro atoms. The Kier molecular flexibility index (Phi) is 7.44. The van der Waals surface area contributed by atoms with Crippen LogP contribution in [0.15, 0.2) is 47.1 Å². The second kappa shape index (κ2) is 10.0. The van der Waals surface area contributed by atoms with Crippen molar-refractivity contribution in [3.8, 4) is 0 Å². The maximum Gasteiger partial charge on any atom is 0.168 e. The maximum atomic E-state index is 14.2. The third-order valence-electron chi connectivity index (χ3n) is 5.39. The monoisotopic (exact) mass is 434 g/mol. The molecule has 0 amide bonds. The van der Waals surface area contributed by atoms with E-state index in [0.717, 1.165) is 44.2 Å². The Hall–Kier alpha value is -2.45. The van der Waals surface area contributed by atoms with E-state index in [9.17, 15) is 4.39 Å². The van der Waals surface area contributed by atoms with E-state index in [2.05, 4.69) is 39.2 Å². The van der Waals surface area contributed by atoms with E-state index in [1.165, 1.54) is 6.07 Å². The Bertz CT molecular complexity index is 908. The van der Waals surface area contributed by atoms with Gasteiger partial charge >= 0.3 is 0 Å². The predicted octanol–water partition coefficient (Wildman–Crippen LogP) is 3.78. The van der Waals surface area contributed by atoms with Crippen LogP contribution in [0.3, 0.4) is 0 Å². The average molecular weight is 435 g/mol. The highest BCUT2D eigenvalue weighted by Crippen LogP contribution is 2.29. The van der Waals surface area contributed by atoms with Gasteiger partial charge in [0.25, 0.3) is 0 Å². The van der Waals surface area contributed by atoms with Gasteiger partial charge in [-0.3, -0.25) is 4.90 Å². The zero-order chi connectivity index (χ0) is 20.2. The molecular formula is C21H28ClFN6O. The lowest BCUT2D eigenvalue weighted by Crippen LogP contribution is -2.48. The summed E-state index contributed by atoms with van der Waals surface area (Å²) in [6.45, 7) is 8.15. The minimum absolute atomic E-state index is 0. The number of rotatable bonds is 7. The number of piperazine rings is 1. The van der Waals surface area contributed by atoms with Crippen molar-refractivity contribution in [3.05, 3.63) is 60.1 Å². The van der Waals surface area contributed by atoms with Crippen molar-refractivity contribution in [2.45, 2.75) is 32.9 Å². The number of aromatic nitrogens is 4. The van der Waals surface area contributed by atoms with Gasteiger partial charge in [-0.05, 0) is 47.0 Å². The SMILES string of the molecule is CC(C)CC(c1nnnn1Cc1ccco1)N1CCN(c2ccccc2F)CC1.Cl. The van der Waals surface area contributed by atoms with Gasteiger partial charge < -0.3 is 9.32 Å². The molecule has 1 fully saturated rings. The second-order valence-corrected chi connectivity index (χ2v) is 7.89. The van der Waals surface area contributed by atoms with E-state index in [1.54, 1.807) is 12.3 Å². The van der Waals surface area contributed by atoms with Crippen molar-refractivity contribution in [2.75, 3.05) is 31.1 Å². The van der Waals surface area contributed by atoms with E-state index in [-0.39, 0.29) is 24.3 Å². The normalized spacial score (nSPS) is 15.9. The summed E-state index contributed by atoms with van der Waals surface area (Å²) < 4.78 is 21.5. The highest BCUT2D eigenvalue weighted by Gasteiger charge is 2.30. The highest BCUT2D eigenvalue weighted by atomic mass is 35.5. The molecule has 0 N–H and O–H groups in total. The Morgan fingerprint density at radius 2 is 1.83 bits per heavy atom. The zero-order valence-electron chi connectivity index (χ0n) is 17.3. The van der Waals surface area contributed by atoms with Gasteiger partial charge in [0.05, 0.1) is 18.0 Å². The van der Waals surface area contributed by atoms with Crippen molar-refractivity contribution in [2.24, 2.45) is 5.92 Å². The van der Waals surface area contributed by atoms with Gasteiger partial charge in [-0.1, -0.05) is 26.0 Å². The van der Waals surface area contributed by atoms with Crippen molar-refractivity contribution < 1.29 is 8.81 Å². The Morgan fingerprint density at radius 1 is 1.07 bits per heavy atom. The second-order valence-electron chi connectivity index (χ2n) is 7.89. The Balaban J connectivity index is 0.00000256. The number of hydrogen-bond donors (Lipinski definition) is 0. The van der Waals surface area contributed by atoms with Crippen LogP contribution < -0.4 is 4.90 Å².